The number of morpholine rings is 1. The summed E-state index contributed by atoms with van der Waals surface area (Å²) in [5.74, 6) is 0.225. The third kappa shape index (κ3) is 3.21. The standard InChI is InChI=1S/C19H27N3O2/c1-20-18-4-2-15(12-16(18)3-5-19(20)23)13-21-7-6-17(14-21)22-8-10-24-11-9-22/h2,4,12,17H,3,5-11,13-14H2,1H3. The second-order valence-electron chi connectivity index (χ2n) is 7.24. The summed E-state index contributed by atoms with van der Waals surface area (Å²) in [6.07, 6.45) is 2.78. The monoisotopic (exact) mass is 329 g/mol. The fourth-order valence-electron chi connectivity index (χ4n) is 4.26. The lowest BCUT2D eigenvalue weighted by atomic mass is 9.99. The van der Waals surface area contributed by atoms with E-state index in [4.69, 9.17) is 4.74 Å². The molecule has 1 unspecified atom stereocenters. The van der Waals surface area contributed by atoms with Crippen molar-refractivity contribution in [3.05, 3.63) is 29.3 Å². The van der Waals surface area contributed by atoms with E-state index in [1.165, 1.54) is 24.1 Å². The van der Waals surface area contributed by atoms with Gasteiger partial charge in [0.15, 0.2) is 0 Å². The lowest BCUT2D eigenvalue weighted by molar-refractivity contribution is -0.118. The number of aryl methyl sites for hydroxylation is 1. The lowest BCUT2D eigenvalue weighted by Crippen LogP contribution is -2.44. The van der Waals surface area contributed by atoms with Crippen molar-refractivity contribution in [2.24, 2.45) is 0 Å². The van der Waals surface area contributed by atoms with Gasteiger partial charge in [0, 0.05) is 57.9 Å². The van der Waals surface area contributed by atoms with E-state index in [0.717, 1.165) is 51.5 Å². The Hall–Kier alpha value is -1.43. The molecular formula is C19H27N3O2. The number of rotatable bonds is 3. The average Bonchev–Trinajstić information content (AvgIpc) is 3.08. The molecule has 0 saturated carbocycles. The molecule has 3 heterocycles. The summed E-state index contributed by atoms with van der Waals surface area (Å²) in [6, 6.07) is 7.31. The van der Waals surface area contributed by atoms with Crippen molar-refractivity contribution < 1.29 is 9.53 Å². The Kier molecular flexibility index (Phi) is 4.57. The number of hydrogen-bond acceptors (Lipinski definition) is 4. The van der Waals surface area contributed by atoms with Crippen LogP contribution in [0.3, 0.4) is 0 Å². The maximum Gasteiger partial charge on any atom is 0.227 e. The maximum absolute atomic E-state index is 11.8. The number of fused-ring (bicyclic) bond motifs is 1. The summed E-state index contributed by atoms with van der Waals surface area (Å²) in [5, 5.41) is 0. The molecule has 0 radical (unpaired) electrons. The van der Waals surface area contributed by atoms with Gasteiger partial charge >= 0.3 is 0 Å². The maximum atomic E-state index is 11.8. The minimum absolute atomic E-state index is 0.225. The Labute approximate surface area is 144 Å². The minimum atomic E-state index is 0.225. The predicted molar refractivity (Wildman–Crippen MR) is 94.2 cm³/mol. The number of likely N-dealkylation sites (tertiary alicyclic amines) is 1. The number of carbonyl (C=O) groups is 1. The highest BCUT2D eigenvalue weighted by Gasteiger charge is 2.29. The van der Waals surface area contributed by atoms with Crippen LogP contribution in [0, 0.1) is 0 Å². The van der Waals surface area contributed by atoms with Crippen molar-refractivity contribution in [2.45, 2.75) is 31.8 Å². The zero-order valence-electron chi connectivity index (χ0n) is 14.5. The summed E-state index contributed by atoms with van der Waals surface area (Å²) >= 11 is 0. The van der Waals surface area contributed by atoms with E-state index in [0.29, 0.717) is 12.5 Å². The first-order chi connectivity index (χ1) is 11.7. The van der Waals surface area contributed by atoms with Gasteiger partial charge in [-0.25, -0.2) is 0 Å². The van der Waals surface area contributed by atoms with Crippen LogP contribution in [-0.4, -0.2) is 68.2 Å². The fourth-order valence-corrected chi connectivity index (χ4v) is 4.26. The van der Waals surface area contributed by atoms with Crippen molar-refractivity contribution in [3.8, 4) is 0 Å². The highest BCUT2D eigenvalue weighted by Crippen LogP contribution is 2.28. The van der Waals surface area contributed by atoms with E-state index in [9.17, 15) is 4.79 Å². The van der Waals surface area contributed by atoms with Crippen LogP contribution in [0.1, 0.15) is 24.0 Å². The lowest BCUT2D eigenvalue weighted by Gasteiger charge is -2.32. The molecule has 1 aromatic rings. The molecule has 0 bridgehead atoms. The summed E-state index contributed by atoms with van der Waals surface area (Å²) in [5.41, 5.74) is 3.78. The van der Waals surface area contributed by atoms with Crippen LogP contribution in [0.25, 0.3) is 0 Å². The van der Waals surface area contributed by atoms with Crippen LogP contribution < -0.4 is 4.90 Å². The molecule has 1 atom stereocenters. The van der Waals surface area contributed by atoms with E-state index in [2.05, 4.69) is 28.0 Å². The Morgan fingerprint density at radius 3 is 2.83 bits per heavy atom. The molecule has 3 aliphatic rings. The van der Waals surface area contributed by atoms with Crippen LogP contribution >= 0.6 is 0 Å². The second kappa shape index (κ2) is 6.82. The molecule has 0 N–H and O–H groups in total. The van der Waals surface area contributed by atoms with E-state index < -0.39 is 0 Å². The van der Waals surface area contributed by atoms with Gasteiger partial charge in [-0.2, -0.15) is 0 Å². The average molecular weight is 329 g/mol. The van der Waals surface area contributed by atoms with Crippen LogP contribution in [0.5, 0.6) is 0 Å². The van der Waals surface area contributed by atoms with Crippen molar-refractivity contribution in [1.29, 1.82) is 0 Å². The SMILES string of the molecule is CN1C(=O)CCc2cc(CN3CCC(N4CCOCC4)C3)ccc21. The van der Waals surface area contributed by atoms with E-state index >= 15 is 0 Å². The summed E-state index contributed by atoms with van der Waals surface area (Å²) in [7, 11) is 1.88. The fraction of sp³-hybridized carbons (Fsp3) is 0.632. The Morgan fingerprint density at radius 2 is 2.00 bits per heavy atom. The van der Waals surface area contributed by atoms with Crippen molar-refractivity contribution >= 4 is 11.6 Å². The topological polar surface area (TPSA) is 36.0 Å². The number of ether oxygens (including phenoxy) is 1. The van der Waals surface area contributed by atoms with Crippen LogP contribution in [0.4, 0.5) is 5.69 Å². The molecule has 130 valence electrons. The van der Waals surface area contributed by atoms with Crippen molar-refractivity contribution in [2.75, 3.05) is 51.3 Å². The second-order valence-corrected chi connectivity index (χ2v) is 7.24. The molecule has 24 heavy (non-hydrogen) atoms. The van der Waals surface area contributed by atoms with E-state index in [1.54, 1.807) is 4.90 Å². The molecule has 3 aliphatic heterocycles. The molecule has 0 aliphatic carbocycles. The number of anilines is 1. The van der Waals surface area contributed by atoms with Crippen molar-refractivity contribution in [3.63, 3.8) is 0 Å². The predicted octanol–water partition coefficient (Wildman–Crippen LogP) is 1.50. The largest absolute Gasteiger partial charge is 0.379 e. The number of nitrogens with zero attached hydrogens (tertiary/aromatic N) is 3. The number of amides is 1. The molecule has 2 fully saturated rings. The summed E-state index contributed by atoms with van der Waals surface area (Å²) in [6.45, 7) is 7.29. The van der Waals surface area contributed by atoms with Gasteiger partial charge in [0.2, 0.25) is 5.91 Å². The van der Waals surface area contributed by atoms with Gasteiger partial charge in [0.25, 0.3) is 0 Å². The first-order valence-electron chi connectivity index (χ1n) is 9.13. The van der Waals surface area contributed by atoms with Crippen LogP contribution in [-0.2, 0) is 22.5 Å². The summed E-state index contributed by atoms with van der Waals surface area (Å²) < 4.78 is 5.47. The van der Waals surface area contributed by atoms with Crippen LogP contribution in [0.15, 0.2) is 18.2 Å². The molecule has 5 nitrogen and oxygen atoms in total. The smallest absolute Gasteiger partial charge is 0.227 e. The number of carbonyl (C=O) groups excluding carboxylic acids is 1. The van der Waals surface area contributed by atoms with Gasteiger partial charge in [-0.3, -0.25) is 14.6 Å². The summed E-state index contributed by atoms with van der Waals surface area (Å²) in [4.78, 5) is 18.8. The normalized spacial score (nSPS) is 26.0. The molecule has 5 heteroatoms. The van der Waals surface area contributed by atoms with Gasteiger partial charge < -0.3 is 9.64 Å². The Morgan fingerprint density at radius 1 is 1.17 bits per heavy atom. The molecule has 1 amide bonds. The molecule has 0 spiro atoms. The van der Waals surface area contributed by atoms with Crippen LogP contribution in [0.2, 0.25) is 0 Å². The molecule has 4 rings (SSSR count). The number of hydrogen-bond donors (Lipinski definition) is 0. The first kappa shape index (κ1) is 16.1. The highest BCUT2D eigenvalue weighted by atomic mass is 16.5. The molecule has 2 saturated heterocycles. The quantitative estimate of drug-likeness (QED) is 0.842. The highest BCUT2D eigenvalue weighted by molar-refractivity contribution is 5.95. The number of benzene rings is 1. The van der Waals surface area contributed by atoms with E-state index in [-0.39, 0.29) is 5.91 Å². The van der Waals surface area contributed by atoms with Crippen molar-refractivity contribution in [1.82, 2.24) is 9.80 Å². The van der Waals surface area contributed by atoms with Gasteiger partial charge in [-0.15, -0.1) is 0 Å². The Bertz CT molecular complexity index is 613. The third-order valence-electron chi connectivity index (χ3n) is 5.70. The molecular weight excluding hydrogens is 302 g/mol. The van der Waals surface area contributed by atoms with Gasteiger partial charge in [-0.05, 0) is 30.0 Å². The Balaban J connectivity index is 1.38. The third-order valence-corrected chi connectivity index (χ3v) is 5.70. The van der Waals surface area contributed by atoms with Gasteiger partial charge in [-0.1, -0.05) is 12.1 Å². The molecule has 1 aromatic carbocycles. The zero-order chi connectivity index (χ0) is 16.5. The molecule has 0 aromatic heterocycles. The minimum Gasteiger partial charge on any atom is -0.379 e. The first-order valence-corrected chi connectivity index (χ1v) is 9.13. The zero-order valence-corrected chi connectivity index (χ0v) is 14.5. The van der Waals surface area contributed by atoms with Gasteiger partial charge in [0.1, 0.15) is 0 Å². The van der Waals surface area contributed by atoms with E-state index in [1.807, 2.05) is 7.05 Å². The van der Waals surface area contributed by atoms with Gasteiger partial charge in [0.05, 0.1) is 13.2 Å².